The van der Waals surface area contributed by atoms with Crippen molar-refractivity contribution in [3.05, 3.63) is 48.0 Å². The van der Waals surface area contributed by atoms with Crippen LogP contribution in [-0.2, 0) is 0 Å². The zero-order valence-electron chi connectivity index (χ0n) is 14.2. The molecule has 5 nitrogen and oxygen atoms in total. The lowest BCUT2D eigenvalue weighted by Crippen LogP contribution is -2.28. The largest absolute Gasteiger partial charge is 0.497 e. The Kier molecular flexibility index (Phi) is 6.07. The number of carbonyl (C=O) groups excluding carboxylic acids is 1. The van der Waals surface area contributed by atoms with Crippen LogP contribution in [0.4, 0.5) is 5.69 Å². The van der Waals surface area contributed by atoms with Crippen LogP contribution in [0.2, 0.25) is 0 Å². The molecule has 0 fully saturated rings. The number of hydrogen-bond acceptors (Lipinski definition) is 5. The van der Waals surface area contributed by atoms with E-state index in [-0.39, 0.29) is 5.78 Å². The molecule has 2 aromatic rings. The van der Waals surface area contributed by atoms with Crippen LogP contribution >= 0.6 is 0 Å². The maximum absolute atomic E-state index is 13.0. The molecule has 0 aromatic heterocycles. The molecule has 0 amide bonds. The lowest BCUT2D eigenvalue weighted by molar-refractivity contribution is 0.0775. The smallest absolute Gasteiger partial charge is 0.207 e. The number of rotatable bonds is 8. The van der Waals surface area contributed by atoms with Crippen LogP contribution in [-0.4, -0.2) is 26.1 Å². The van der Waals surface area contributed by atoms with Gasteiger partial charge >= 0.3 is 0 Å². The average Bonchev–Trinajstić information content (AvgIpc) is 2.61. The first-order valence-corrected chi connectivity index (χ1v) is 7.88. The Balaban J connectivity index is 2.34. The summed E-state index contributed by atoms with van der Waals surface area (Å²) in [5.41, 5.74) is 6.86. The summed E-state index contributed by atoms with van der Waals surface area (Å²) in [6, 6.07) is 12.3. The van der Waals surface area contributed by atoms with Crippen molar-refractivity contribution in [1.82, 2.24) is 0 Å². The van der Waals surface area contributed by atoms with Crippen molar-refractivity contribution in [2.75, 3.05) is 20.0 Å². The van der Waals surface area contributed by atoms with Gasteiger partial charge in [0.05, 0.1) is 25.5 Å². The predicted molar refractivity (Wildman–Crippen MR) is 94.1 cm³/mol. The summed E-state index contributed by atoms with van der Waals surface area (Å²) in [7, 11) is 3.09. The molecule has 0 aliphatic rings. The zero-order chi connectivity index (χ0) is 17.5. The fourth-order valence-corrected chi connectivity index (χ4v) is 2.43. The summed E-state index contributed by atoms with van der Waals surface area (Å²) in [6.45, 7) is 2.00. The van der Waals surface area contributed by atoms with Crippen molar-refractivity contribution in [2.45, 2.75) is 25.9 Å². The molecule has 2 N–H and O–H groups in total. The van der Waals surface area contributed by atoms with Crippen LogP contribution in [0.25, 0.3) is 0 Å². The molecule has 1 unspecified atom stereocenters. The third kappa shape index (κ3) is 3.98. The fraction of sp³-hybridized carbons (Fsp3) is 0.316. The summed E-state index contributed by atoms with van der Waals surface area (Å²) < 4.78 is 16.4. The average molecular weight is 329 g/mol. The molecule has 2 aromatic carbocycles. The molecule has 1 atom stereocenters. The number of ketones is 1. The van der Waals surface area contributed by atoms with E-state index in [0.29, 0.717) is 34.9 Å². The molecule has 0 bridgehead atoms. The summed E-state index contributed by atoms with van der Waals surface area (Å²) in [5.74, 6) is 1.43. The van der Waals surface area contributed by atoms with Gasteiger partial charge in [-0.3, -0.25) is 4.79 Å². The van der Waals surface area contributed by atoms with Gasteiger partial charge in [-0.15, -0.1) is 0 Å². The highest BCUT2D eigenvalue weighted by Gasteiger charge is 2.25. The van der Waals surface area contributed by atoms with Crippen LogP contribution in [0.15, 0.2) is 42.5 Å². The fourth-order valence-electron chi connectivity index (χ4n) is 2.43. The third-order valence-electron chi connectivity index (χ3n) is 3.70. The van der Waals surface area contributed by atoms with Crippen molar-refractivity contribution in [2.24, 2.45) is 0 Å². The van der Waals surface area contributed by atoms with Crippen molar-refractivity contribution in [3.63, 3.8) is 0 Å². The maximum atomic E-state index is 13.0. The minimum Gasteiger partial charge on any atom is -0.497 e. The second-order valence-electron chi connectivity index (χ2n) is 5.36. The number of methoxy groups -OCH3 is 2. The van der Waals surface area contributed by atoms with E-state index in [4.69, 9.17) is 19.9 Å². The van der Waals surface area contributed by atoms with E-state index in [1.54, 1.807) is 37.4 Å². The summed E-state index contributed by atoms with van der Waals surface area (Å²) in [5, 5.41) is 0. The number of Topliss-reactive ketones (excluding diaryl/α,β-unsaturated/α-hetero) is 1. The number of ether oxygens (including phenoxy) is 3. The van der Waals surface area contributed by atoms with Gasteiger partial charge in [0.2, 0.25) is 5.78 Å². The lowest BCUT2D eigenvalue weighted by atomic mass is 10.0. The third-order valence-corrected chi connectivity index (χ3v) is 3.70. The zero-order valence-corrected chi connectivity index (χ0v) is 14.2. The minimum absolute atomic E-state index is 0.157. The van der Waals surface area contributed by atoms with E-state index in [0.717, 1.165) is 6.42 Å². The molecule has 2 rings (SSSR count). The standard InChI is InChI=1S/C19H23NO4/c1-4-7-18(24-17-9-6-5-8-15(17)20)19(21)14-12-13(22-2)10-11-16(14)23-3/h5-6,8-12,18H,4,7,20H2,1-3H3. The van der Waals surface area contributed by atoms with E-state index in [1.807, 2.05) is 19.1 Å². The quantitative estimate of drug-likeness (QED) is 0.590. The van der Waals surface area contributed by atoms with Gasteiger partial charge in [-0.25, -0.2) is 0 Å². The number of para-hydroxylation sites is 2. The normalized spacial score (nSPS) is 11.6. The first-order chi connectivity index (χ1) is 11.6. The van der Waals surface area contributed by atoms with Gasteiger partial charge in [-0.2, -0.15) is 0 Å². The molecule has 0 heterocycles. The highest BCUT2D eigenvalue weighted by molar-refractivity contribution is 6.02. The maximum Gasteiger partial charge on any atom is 0.207 e. The highest BCUT2D eigenvalue weighted by Crippen LogP contribution is 2.28. The van der Waals surface area contributed by atoms with E-state index in [9.17, 15) is 4.79 Å². The van der Waals surface area contributed by atoms with Crippen LogP contribution in [0, 0.1) is 0 Å². The molecule has 0 aliphatic heterocycles. The Morgan fingerprint density at radius 3 is 2.46 bits per heavy atom. The molecular formula is C19H23NO4. The van der Waals surface area contributed by atoms with Gasteiger partial charge in [-0.05, 0) is 36.8 Å². The van der Waals surface area contributed by atoms with Crippen LogP contribution in [0.3, 0.4) is 0 Å². The van der Waals surface area contributed by atoms with Gasteiger partial charge in [0.25, 0.3) is 0 Å². The second kappa shape index (κ2) is 8.24. The minimum atomic E-state index is -0.638. The van der Waals surface area contributed by atoms with E-state index < -0.39 is 6.10 Å². The van der Waals surface area contributed by atoms with E-state index in [2.05, 4.69) is 0 Å². The lowest BCUT2D eigenvalue weighted by Gasteiger charge is -2.20. The molecule has 128 valence electrons. The molecule has 24 heavy (non-hydrogen) atoms. The number of benzene rings is 2. The van der Waals surface area contributed by atoms with Crippen molar-refractivity contribution in [3.8, 4) is 17.2 Å². The van der Waals surface area contributed by atoms with Crippen molar-refractivity contribution in [1.29, 1.82) is 0 Å². The molecule has 0 radical (unpaired) electrons. The Morgan fingerprint density at radius 1 is 1.08 bits per heavy atom. The summed E-state index contributed by atoms with van der Waals surface area (Å²) in [4.78, 5) is 13.0. The van der Waals surface area contributed by atoms with Gasteiger partial charge < -0.3 is 19.9 Å². The molecule has 0 spiro atoms. The molecular weight excluding hydrogens is 306 g/mol. The SMILES string of the molecule is CCCC(Oc1ccccc1N)C(=O)c1cc(OC)ccc1OC. The van der Waals surface area contributed by atoms with Gasteiger partial charge in [0, 0.05) is 0 Å². The first-order valence-electron chi connectivity index (χ1n) is 7.88. The highest BCUT2D eigenvalue weighted by atomic mass is 16.5. The molecule has 0 aliphatic carbocycles. The van der Waals surface area contributed by atoms with Gasteiger partial charge in [-0.1, -0.05) is 25.5 Å². The number of hydrogen-bond donors (Lipinski definition) is 1. The Hall–Kier alpha value is -2.69. The Bertz CT molecular complexity index is 700. The molecule has 0 saturated heterocycles. The van der Waals surface area contributed by atoms with E-state index >= 15 is 0 Å². The second-order valence-corrected chi connectivity index (χ2v) is 5.36. The number of nitrogens with two attached hydrogens (primary N) is 1. The number of carbonyl (C=O) groups is 1. The topological polar surface area (TPSA) is 70.8 Å². The first kappa shape index (κ1) is 17.7. The molecule has 5 heteroatoms. The predicted octanol–water partition coefficient (Wildman–Crippen LogP) is 3.72. The summed E-state index contributed by atoms with van der Waals surface area (Å²) in [6.07, 6.45) is 0.740. The Labute approximate surface area is 142 Å². The van der Waals surface area contributed by atoms with Crippen molar-refractivity contribution < 1.29 is 19.0 Å². The van der Waals surface area contributed by atoms with Gasteiger partial charge in [0.1, 0.15) is 17.2 Å². The van der Waals surface area contributed by atoms with Crippen molar-refractivity contribution >= 4 is 11.5 Å². The van der Waals surface area contributed by atoms with E-state index in [1.165, 1.54) is 7.11 Å². The Morgan fingerprint density at radius 2 is 1.83 bits per heavy atom. The van der Waals surface area contributed by atoms with Crippen LogP contribution in [0.5, 0.6) is 17.2 Å². The number of anilines is 1. The van der Waals surface area contributed by atoms with Crippen LogP contribution in [0.1, 0.15) is 30.1 Å². The number of nitrogen functional groups attached to an aromatic ring is 1. The molecule has 0 saturated carbocycles. The monoisotopic (exact) mass is 329 g/mol. The van der Waals surface area contributed by atoms with Crippen LogP contribution < -0.4 is 19.9 Å². The summed E-state index contributed by atoms with van der Waals surface area (Å²) >= 11 is 0. The van der Waals surface area contributed by atoms with Gasteiger partial charge in [0.15, 0.2) is 6.10 Å².